The second-order valence-corrected chi connectivity index (χ2v) is 11.2. The van der Waals surface area contributed by atoms with Crippen LogP contribution in [0.1, 0.15) is 12.0 Å². The highest BCUT2D eigenvalue weighted by Gasteiger charge is 2.15. The third-order valence-corrected chi connectivity index (χ3v) is 7.72. The molecule has 0 aliphatic heterocycles. The van der Waals surface area contributed by atoms with Gasteiger partial charge < -0.3 is 20.1 Å². The van der Waals surface area contributed by atoms with Crippen molar-refractivity contribution in [2.75, 3.05) is 37.1 Å². The Kier molecular flexibility index (Phi) is 8.96. The molecule has 0 radical (unpaired) electrons. The maximum atomic E-state index is 14.8. The number of pyridine rings is 1. The first-order chi connectivity index (χ1) is 19.6. The molecule has 0 spiro atoms. The number of fused-ring (bicyclic) bond motifs is 1. The van der Waals surface area contributed by atoms with Crippen molar-refractivity contribution in [2.24, 2.45) is 0 Å². The zero-order valence-electron chi connectivity index (χ0n) is 22.0. The van der Waals surface area contributed by atoms with E-state index >= 15 is 0 Å². The lowest BCUT2D eigenvalue weighted by atomic mass is 10.1. The van der Waals surface area contributed by atoms with Gasteiger partial charge in [0.15, 0.2) is 0 Å². The third-order valence-electron chi connectivity index (χ3n) is 5.80. The third kappa shape index (κ3) is 7.44. The first-order valence-electron chi connectivity index (χ1n) is 12.2. The molecule has 0 atom stereocenters. The zero-order chi connectivity index (χ0) is 29.6. The van der Waals surface area contributed by atoms with Gasteiger partial charge in [-0.3, -0.25) is 4.98 Å². The number of ether oxygens (including phenoxy) is 2. The summed E-state index contributed by atoms with van der Waals surface area (Å²) in [4.78, 5) is 16.5. The Hall–Kier alpha value is -4.80. The molecule has 2 N–H and O–H groups in total. The van der Waals surface area contributed by atoms with E-state index in [1.807, 2.05) is 6.07 Å². The van der Waals surface area contributed by atoms with E-state index in [1.165, 1.54) is 62.8 Å². The largest absolute Gasteiger partial charge is 0.492 e. The smallest absolute Gasteiger partial charge is 0.323 e. The number of anilines is 2. The minimum atomic E-state index is -3.37. The SMILES string of the molecule is CN(C)S(=O)(=O)CCCOc1cc2nccc(Oc3ccc(NC(=O)Nc4ccc(F)cc4)c(F)c3)c2cc1C#N. The molecule has 0 aliphatic rings. The van der Waals surface area contributed by atoms with Crippen molar-refractivity contribution >= 4 is 38.3 Å². The number of urea groups is 1. The number of carbonyl (C=O) groups excluding carboxylic acids is 1. The predicted octanol–water partition coefficient (Wildman–Crippen LogP) is 5.48. The van der Waals surface area contributed by atoms with E-state index in [2.05, 4.69) is 15.6 Å². The fraction of sp³-hybridized carbons (Fsp3) is 0.179. The number of nitriles is 1. The van der Waals surface area contributed by atoms with Gasteiger partial charge in [-0.1, -0.05) is 0 Å². The average Bonchev–Trinajstić information content (AvgIpc) is 2.93. The number of benzene rings is 3. The Morgan fingerprint density at radius 2 is 1.78 bits per heavy atom. The number of carbonyl (C=O) groups is 1. The van der Waals surface area contributed by atoms with E-state index < -0.39 is 27.7 Å². The highest BCUT2D eigenvalue weighted by atomic mass is 32.2. The number of rotatable bonds is 10. The summed E-state index contributed by atoms with van der Waals surface area (Å²) in [5.74, 6) is -0.658. The van der Waals surface area contributed by atoms with E-state index in [9.17, 15) is 27.3 Å². The monoisotopic (exact) mass is 581 g/mol. The van der Waals surface area contributed by atoms with Crippen molar-refractivity contribution < 1.29 is 31.5 Å². The van der Waals surface area contributed by atoms with Gasteiger partial charge in [0.2, 0.25) is 10.0 Å². The minimum absolute atomic E-state index is 0.0744. The van der Waals surface area contributed by atoms with Crippen molar-refractivity contribution in [3.8, 4) is 23.3 Å². The molecule has 41 heavy (non-hydrogen) atoms. The Morgan fingerprint density at radius 1 is 1.02 bits per heavy atom. The van der Waals surface area contributed by atoms with E-state index in [0.29, 0.717) is 22.3 Å². The van der Waals surface area contributed by atoms with Crippen LogP contribution in [0.5, 0.6) is 17.2 Å². The van der Waals surface area contributed by atoms with Gasteiger partial charge in [0.25, 0.3) is 0 Å². The van der Waals surface area contributed by atoms with Gasteiger partial charge in [-0.2, -0.15) is 5.26 Å². The van der Waals surface area contributed by atoms with Gasteiger partial charge in [0.1, 0.15) is 35.0 Å². The van der Waals surface area contributed by atoms with Gasteiger partial charge in [0.05, 0.1) is 29.1 Å². The molecular formula is C28H25F2N5O5S. The van der Waals surface area contributed by atoms with Crippen molar-refractivity contribution in [3.05, 3.63) is 84.1 Å². The molecule has 3 aromatic carbocycles. The van der Waals surface area contributed by atoms with Crippen LogP contribution in [0.15, 0.2) is 66.9 Å². The van der Waals surface area contributed by atoms with Crippen LogP contribution in [0, 0.1) is 23.0 Å². The molecule has 0 unspecified atom stereocenters. The van der Waals surface area contributed by atoms with E-state index in [4.69, 9.17) is 9.47 Å². The molecule has 2 amide bonds. The van der Waals surface area contributed by atoms with E-state index in [0.717, 1.165) is 10.4 Å². The lowest BCUT2D eigenvalue weighted by molar-refractivity contribution is 0.262. The number of amides is 2. The number of nitrogens with one attached hydrogen (secondary N) is 2. The fourth-order valence-electron chi connectivity index (χ4n) is 3.66. The highest BCUT2D eigenvalue weighted by Crippen LogP contribution is 2.34. The topological polar surface area (TPSA) is 134 Å². The second-order valence-electron chi connectivity index (χ2n) is 8.92. The van der Waals surface area contributed by atoms with Gasteiger partial charge in [0, 0.05) is 43.5 Å². The summed E-state index contributed by atoms with van der Waals surface area (Å²) in [6, 6.07) is 14.9. The maximum absolute atomic E-state index is 14.8. The van der Waals surface area contributed by atoms with Crippen LogP contribution >= 0.6 is 0 Å². The van der Waals surface area contributed by atoms with Crippen molar-refractivity contribution in [3.63, 3.8) is 0 Å². The van der Waals surface area contributed by atoms with Crippen LogP contribution in [0.4, 0.5) is 25.0 Å². The first-order valence-corrected chi connectivity index (χ1v) is 13.8. The van der Waals surface area contributed by atoms with E-state index in [1.54, 1.807) is 12.1 Å². The first kappa shape index (κ1) is 29.2. The van der Waals surface area contributed by atoms with Crippen molar-refractivity contribution in [2.45, 2.75) is 6.42 Å². The van der Waals surface area contributed by atoms with Crippen molar-refractivity contribution in [1.82, 2.24) is 9.29 Å². The van der Waals surface area contributed by atoms with Gasteiger partial charge >= 0.3 is 6.03 Å². The summed E-state index contributed by atoms with van der Waals surface area (Å²) < 4.78 is 64.4. The number of hydrogen-bond donors (Lipinski definition) is 2. The standard InChI is InChI=1S/C28H25F2N5O5S/c1-35(2)41(37,38)13-3-12-39-27-16-25-22(14-18(27)17-31)26(10-11-32-25)40-21-8-9-24(23(30)15-21)34-28(36)33-20-6-4-19(29)5-7-20/h4-11,14-16H,3,12-13H2,1-2H3,(H2,33,34,36). The molecular weight excluding hydrogens is 556 g/mol. The van der Waals surface area contributed by atoms with Crippen LogP contribution in [0.25, 0.3) is 10.9 Å². The van der Waals surface area contributed by atoms with Gasteiger partial charge in [-0.05, 0) is 55.0 Å². The maximum Gasteiger partial charge on any atom is 0.323 e. The molecule has 0 aliphatic carbocycles. The summed E-state index contributed by atoms with van der Waals surface area (Å²) in [6.07, 6.45) is 1.70. The molecule has 4 aromatic rings. The van der Waals surface area contributed by atoms with Crippen LogP contribution in [-0.2, 0) is 10.0 Å². The van der Waals surface area contributed by atoms with Crippen LogP contribution in [0.3, 0.4) is 0 Å². The van der Waals surface area contributed by atoms with Crippen molar-refractivity contribution in [1.29, 1.82) is 5.26 Å². The number of aromatic nitrogens is 1. The molecule has 212 valence electrons. The Balaban J connectivity index is 1.46. The zero-order valence-corrected chi connectivity index (χ0v) is 22.8. The molecule has 13 heteroatoms. The Bertz CT molecular complexity index is 1720. The number of nitrogens with zero attached hydrogens (tertiary/aromatic N) is 3. The molecule has 10 nitrogen and oxygen atoms in total. The van der Waals surface area contributed by atoms with Crippen LogP contribution in [0.2, 0.25) is 0 Å². The van der Waals surface area contributed by atoms with E-state index in [-0.39, 0.29) is 41.5 Å². The van der Waals surface area contributed by atoms with Crippen LogP contribution < -0.4 is 20.1 Å². The molecule has 0 fully saturated rings. The quantitative estimate of drug-likeness (QED) is 0.237. The predicted molar refractivity (Wildman–Crippen MR) is 150 cm³/mol. The number of sulfonamides is 1. The number of hydrogen-bond acceptors (Lipinski definition) is 7. The summed E-state index contributed by atoms with van der Waals surface area (Å²) in [5.41, 5.74) is 0.845. The molecule has 0 bridgehead atoms. The van der Waals surface area contributed by atoms with Crippen LogP contribution in [-0.4, -0.2) is 50.2 Å². The molecule has 1 heterocycles. The fourth-order valence-corrected chi connectivity index (χ4v) is 4.50. The Labute approximate surface area is 235 Å². The lowest BCUT2D eigenvalue weighted by Crippen LogP contribution is -2.25. The molecule has 4 rings (SSSR count). The van der Waals surface area contributed by atoms with Gasteiger partial charge in [-0.25, -0.2) is 26.3 Å². The normalized spacial score (nSPS) is 11.2. The molecule has 1 aromatic heterocycles. The summed E-state index contributed by atoms with van der Waals surface area (Å²) in [7, 11) is -0.461. The van der Waals surface area contributed by atoms with Gasteiger partial charge in [-0.15, -0.1) is 0 Å². The minimum Gasteiger partial charge on any atom is -0.492 e. The summed E-state index contributed by atoms with van der Waals surface area (Å²) >= 11 is 0. The summed E-state index contributed by atoms with van der Waals surface area (Å²) in [5, 5.41) is 15.0. The molecule has 0 saturated heterocycles. The molecule has 0 saturated carbocycles. The second kappa shape index (κ2) is 12.6. The average molecular weight is 582 g/mol. The highest BCUT2D eigenvalue weighted by molar-refractivity contribution is 7.89. The lowest BCUT2D eigenvalue weighted by Gasteiger charge is -2.14. The number of halogens is 2. The summed E-state index contributed by atoms with van der Waals surface area (Å²) in [6.45, 7) is 0.0744. The Morgan fingerprint density at radius 3 is 2.46 bits per heavy atom.